The average Bonchev–Trinajstić information content (AvgIpc) is 2.41. The van der Waals surface area contributed by atoms with Crippen LogP contribution in [-0.4, -0.2) is 25.0 Å². The molecule has 2 atom stereocenters. The van der Waals surface area contributed by atoms with Crippen LogP contribution in [0.15, 0.2) is 0 Å². The zero-order valence-corrected chi connectivity index (χ0v) is 6.93. The van der Waals surface area contributed by atoms with Crippen molar-refractivity contribution in [1.29, 1.82) is 0 Å². The van der Waals surface area contributed by atoms with E-state index in [0.29, 0.717) is 0 Å². The van der Waals surface area contributed by atoms with E-state index < -0.39 is 5.79 Å². The number of ether oxygens (including phenoxy) is 2. The molecule has 64 valence electrons. The van der Waals surface area contributed by atoms with Crippen LogP contribution in [0.3, 0.4) is 0 Å². The van der Waals surface area contributed by atoms with Gasteiger partial charge in [0.2, 0.25) is 0 Å². The van der Waals surface area contributed by atoms with Gasteiger partial charge in [0, 0.05) is 13.5 Å². The van der Waals surface area contributed by atoms with Crippen LogP contribution in [0.5, 0.6) is 0 Å². The quantitative estimate of drug-likeness (QED) is 0.607. The fourth-order valence-corrected chi connectivity index (χ4v) is 2.37. The Bertz CT molecular complexity index is 159. The van der Waals surface area contributed by atoms with Gasteiger partial charge >= 0.3 is 0 Å². The smallest absolute Gasteiger partial charge is 0.186 e. The minimum atomic E-state index is -0.438. The number of hydrogen-bond acceptors (Lipinski definition) is 3. The Morgan fingerprint density at radius 2 is 2.18 bits per heavy atom. The van der Waals surface area contributed by atoms with Gasteiger partial charge in [-0.15, -0.1) is 0 Å². The zero-order chi connectivity index (χ0) is 7.95. The van der Waals surface area contributed by atoms with Crippen LogP contribution in [0.1, 0.15) is 25.7 Å². The van der Waals surface area contributed by atoms with E-state index >= 15 is 0 Å². The Kier molecular flexibility index (Phi) is 1.50. The van der Waals surface area contributed by atoms with Crippen molar-refractivity contribution < 1.29 is 9.47 Å². The summed E-state index contributed by atoms with van der Waals surface area (Å²) >= 11 is 0. The highest BCUT2D eigenvalue weighted by molar-refractivity contribution is 5.07. The second kappa shape index (κ2) is 2.19. The van der Waals surface area contributed by atoms with Crippen molar-refractivity contribution in [2.75, 3.05) is 13.7 Å². The van der Waals surface area contributed by atoms with Crippen LogP contribution in [0.2, 0.25) is 0 Å². The molecule has 1 saturated carbocycles. The number of fused-ring (bicyclic) bond motifs is 1. The van der Waals surface area contributed by atoms with Crippen molar-refractivity contribution >= 4 is 0 Å². The van der Waals surface area contributed by atoms with Crippen LogP contribution in [0.25, 0.3) is 0 Å². The van der Waals surface area contributed by atoms with Gasteiger partial charge in [-0.2, -0.15) is 0 Å². The van der Waals surface area contributed by atoms with Gasteiger partial charge < -0.3 is 15.2 Å². The molecule has 11 heavy (non-hydrogen) atoms. The van der Waals surface area contributed by atoms with Gasteiger partial charge in [0.05, 0.1) is 12.1 Å². The molecule has 1 heterocycles. The number of hydrogen-bond donors (Lipinski definition) is 1. The molecule has 3 nitrogen and oxygen atoms in total. The summed E-state index contributed by atoms with van der Waals surface area (Å²) in [5.74, 6) is -0.438. The molecule has 0 amide bonds. The fourth-order valence-electron chi connectivity index (χ4n) is 2.37. The Balaban J connectivity index is 2.28. The first-order valence-electron chi connectivity index (χ1n) is 4.20. The van der Waals surface area contributed by atoms with Crippen molar-refractivity contribution in [2.45, 2.75) is 37.0 Å². The molecule has 0 aromatic rings. The maximum absolute atomic E-state index is 6.16. The highest BCUT2D eigenvalue weighted by atomic mass is 16.7. The first-order chi connectivity index (χ1) is 5.22. The van der Waals surface area contributed by atoms with Crippen molar-refractivity contribution in [2.24, 2.45) is 5.73 Å². The van der Waals surface area contributed by atoms with Crippen LogP contribution < -0.4 is 5.73 Å². The van der Waals surface area contributed by atoms with Crippen LogP contribution in [-0.2, 0) is 9.47 Å². The molecule has 1 aliphatic heterocycles. The molecule has 0 spiro atoms. The molecule has 0 aromatic heterocycles. The van der Waals surface area contributed by atoms with Crippen molar-refractivity contribution in [3.05, 3.63) is 0 Å². The molecule has 3 heteroatoms. The van der Waals surface area contributed by atoms with Gasteiger partial charge in [-0.25, -0.2) is 0 Å². The lowest BCUT2D eigenvalue weighted by molar-refractivity contribution is -0.210. The van der Waals surface area contributed by atoms with Crippen molar-refractivity contribution in [3.63, 3.8) is 0 Å². The summed E-state index contributed by atoms with van der Waals surface area (Å²) in [6, 6.07) is 0. The van der Waals surface area contributed by atoms with Crippen molar-refractivity contribution in [3.8, 4) is 0 Å². The largest absolute Gasteiger partial charge is 0.351 e. The highest BCUT2D eigenvalue weighted by Crippen LogP contribution is 2.47. The van der Waals surface area contributed by atoms with Crippen molar-refractivity contribution in [1.82, 2.24) is 0 Å². The number of methoxy groups -OCH3 is 1. The maximum Gasteiger partial charge on any atom is 0.186 e. The van der Waals surface area contributed by atoms with E-state index in [2.05, 4.69) is 0 Å². The van der Waals surface area contributed by atoms with E-state index in [-0.39, 0.29) is 5.54 Å². The summed E-state index contributed by atoms with van der Waals surface area (Å²) in [4.78, 5) is 0. The third-order valence-corrected chi connectivity index (χ3v) is 3.10. The third kappa shape index (κ3) is 0.789. The Hall–Kier alpha value is -0.120. The van der Waals surface area contributed by atoms with E-state index in [9.17, 15) is 0 Å². The van der Waals surface area contributed by atoms with Crippen LogP contribution >= 0.6 is 0 Å². The SMILES string of the molecule is COC12CCCC1(N)CCO2. The first-order valence-corrected chi connectivity index (χ1v) is 4.20. The highest BCUT2D eigenvalue weighted by Gasteiger charge is 2.57. The maximum atomic E-state index is 6.16. The monoisotopic (exact) mass is 157 g/mol. The minimum absolute atomic E-state index is 0.193. The van der Waals surface area contributed by atoms with Crippen LogP contribution in [0, 0.1) is 0 Å². The molecule has 2 N–H and O–H groups in total. The van der Waals surface area contributed by atoms with E-state index in [1.807, 2.05) is 0 Å². The Labute approximate surface area is 66.8 Å². The number of nitrogens with two attached hydrogens (primary N) is 1. The van der Waals surface area contributed by atoms with E-state index in [1.54, 1.807) is 7.11 Å². The predicted octanol–water partition coefficient (Wildman–Crippen LogP) is 0.631. The summed E-state index contributed by atoms with van der Waals surface area (Å²) in [6.45, 7) is 0.754. The molecule has 0 aromatic carbocycles. The summed E-state index contributed by atoms with van der Waals surface area (Å²) in [5.41, 5.74) is 5.97. The van der Waals surface area contributed by atoms with Gasteiger partial charge in [0.25, 0.3) is 0 Å². The lowest BCUT2D eigenvalue weighted by Crippen LogP contribution is -2.54. The first kappa shape index (κ1) is 7.53. The van der Waals surface area contributed by atoms with Gasteiger partial charge in [-0.05, 0) is 19.3 Å². The van der Waals surface area contributed by atoms with Crippen LogP contribution in [0.4, 0.5) is 0 Å². The summed E-state index contributed by atoms with van der Waals surface area (Å²) < 4.78 is 10.9. The molecule has 2 unspecified atom stereocenters. The lowest BCUT2D eigenvalue weighted by atomic mass is 9.92. The normalized spacial score (nSPS) is 49.6. The molecule has 0 radical (unpaired) electrons. The second-order valence-electron chi connectivity index (χ2n) is 3.57. The van der Waals surface area contributed by atoms with E-state index in [4.69, 9.17) is 15.2 Å². The van der Waals surface area contributed by atoms with Gasteiger partial charge in [-0.1, -0.05) is 0 Å². The minimum Gasteiger partial charge on any atom is -0.351 e. The van der Waals surface area contributed by atoms with E-state index in [0.717, 1.165) is 32.3 Å². The lowest BCUT2D eigenvalue weighted by Gasteiger charge is -2.34. The van der Waals surface area contributed by atoms with Gasteiger partial charge in [0.15, 0.2) is 5.79 Å². The Morgan fingerprint density at radius 3 is 2.82 bits per heavy atom. The summed E-state index contributed by atoms with van der Waals surface area (Å²) in [6.07, 6.45) is 4.08. The third-order valence-electron chi connectivity index (χ3n) is 3.10. The molecule has 2 rings (SSSR count). The average molecular weight is 157 g/mol. The molecular formula is C8H15NO2. The molecule has 1 aliphatic carbocycles. The molecule has 0 bridgehead atoms. The predicted molar refractivity (Wildman–Crippen MR) is 41.1 cm³/mol. The Morgan fingerprint density at radius 1 is 1.36 bits per heavy atom. The zero-order valence-electron chi connectivity index (χ0n) is 6.93. The van der Waals surface area contributed by atoms with Gasteiger partial charge in [-0.3, -0.25) is 0 Å². The van der Waals surface area contributed by atoms with E-state index in [1.165, 1.54) is 0 Å². The molecule has 2 aliphatic rings. The summed E-state index contributed by atoms with van der Waals surface area (Å²) in [7, 11) is 1.69. The topological polar surface area (TPSA) is 44.5 Å². The fraction of sp³-hybridized carbons (Fsp3) is 1.00. The standard InChI is InChI=1S/C8H15NO2/c1-10-8-4-2-3-7(8,9)5-6-11-8/h2-6,9H2,1H3. The molecule has 2 fully saturated rings. The summed E-state index contributed by atoms with van der Waals surface area (Å²) in [5, 5.41) is 0. The number of rotatable bonds is 1. The van der Waals surface area contributed by atoms with Gasteiger partial charge in [0.1, 0.15) is 0 Å². The molecule has 1 saturated heterocycles. The molecular weight excluding hydrogens is 142 g/mol. The second-order valence-corrected chi connectivity index (χ2v) is 3.57.